The minimum absolute atomic E-state index is 0.332. The van der Waals surface area contributed by atoms with Crippen LogP contribution in [0, 0.1) is 5.92 Å². The van der Waals surface area contributed by atoms with Gasteiger partial charge in [-0.1, -0.05) is 32.1 Å². The Morgan fingerprint density at radius 2 is 1.50 bits per heavy atom. The molecule has 3 fully saturated rings. The van der Waals surface area contributed by atoms with E-state index in [0.29, 0.717) is 5.91 Å². The van der Waals surface area contributed by atoms with Gasteiger partial charge in [0.05, 0.1) is 13.2 Å². The van der Waals surface area contributed by atoms with Gasteiger partial charge in [-0.05, 0) is 24.5 Å². The normalized spacial score (nSPS) is 21.8. The number of piperazine rings is 1. The van der Waals surface area contributed by atoms with Crippen molar-refractivity contribution in [1.29, 1.82) is 0 Å². The summed E-state index contributed by atoms with van der Waals surface area (Å²) in [6.45, 7) is 6.49. The lowest BCUT2D eigenvalue weighted by Crippen LogP contribution is -2.49. The first-order chi connectivity index (χ1) is 13.8. The minimum atomic E-state index is 0.332. The second-order valence-electron chi connectivity index (χ2n) is 8.26. The van der Waals surface area contributed by atoms with E-state index in [0.717, 1.165) is 82.9 Å². The van der Waals surface area contributed by atoms with Crippen molar-refractivity contribution in [2.45, 2.75) is 44.9 Å². The van der Waals surface area contributed by atoms with Gasteiger partial charge in [-0.15, -0.1) is 10.2 Å². The summed E-state index contributed by atoms with van der Waals surface area (Å²) in [5.41, 5.74) is 0. The Hall–Kier alpha value is -1.89. The number of ether oxygens (including phenoxy) is 1. The highest BCUT2D eigenvalue weighted by Gasteiger charge is 2.23. The van der Waals surface area contributed by atoms with Crippen LogP contribution in [-0.2, 0) is 9.53 Å². The summed E-state index contributed by atoms with van der Waals surface area (Å²) in [6.07, 6.45) is 8.51. The SMILES string of the molecule is O=C(CCC1CCCCC1)N1CCN(c2ccc(N3CCOCC3)nn2)CC1. The van der Waals surface area contributed by atoms with Crippen LogP contribution in [0.5, 0.6) is 0 Å². The molecule has 1 amide bonds. The Kier molecular flexibility index (Phi) is 6.62. The van der Waals surface area contributed by atoms with Crippen LogP contribution in [0.3, 0.4) is 0 Å². The smallest absolute Gasteiger partial charge is 0.222 e. The molecule has 2 saturated heterocycles. The van der Waals surface area contributed by atoms with E-state index in [1.807, 2.05) is 4.90 Å². The predicted molar refractivity (Wildman–Crippen MR) is 110 cm³/mol. The van der Waals surface area contributed by atoms with Crippen LogP contribution >= 0.6 is 0 Å². The van der Waals surface area contributed by atoms with Crippen molar-refractivity contribution >= 4 is 17.5 Å². The van der Waals surface area contributed by atoms with Gasteiger partial charge in [0, 0.05) is 45.7 Å². The van der Waals surface area contributed by atoms with Crippen LogP contribution in [0.15, 0.2) is 12.1 Å². The molecule has 28 heavy (non-hydrogen) atoms. The van der Waals surface area contributed by atoms with Gasteiger partial charge in [-0.25, -0.2) is 0 Å². The quantitative estimate of drug-likeness (QED) is 0.773. The number of carbonyl (C=O) groups is 1. The third-order valence-electron chi connectivity index (χ3n) is 6.42. The molecule has 0 radical (unpaired) electrons. The lowest BCUT2D eigenvalue weighted by Gasteiger charge is -2.35. The van der Waals surface area contributed by atoms with Crippen LogP contribution in [0.25, 0.3) is 0 Å². The van der Waals surface area contributed by atoms with Gasteiger partial charge in [0.25, 0.3) is 0 Å². The van der Waals surface area contributed by atoms with Crippen LogP contribution < -0.4 is 9.80 Å². The van der Waals surface area contributed by atoms with E-state index >= 15 is 0 Å². The Morgan fingerprint density at radius 1 is 0.893 bits per heavy atom. The van der Waals surface area contributed by atoms with E-state index in [1.165, 1.54) is 32.1 Å². The molecular weight excluding hydrogens is 354 g/mol. The molecule has 0 N–H and O–H groups in total. The average Bonchev–Trinajstić information content (AvgIpc) is 2.79. The van der Waals surface area contributed by atoms with Crippen LogP contribution in [0.4, 0.5) is 11.6 Å². The lowest BCUT2D eigenvalue weighted by molar-refractivity contribution is -0.131. The molecule has 0 atom stereocenters. The van der Waals surface area contributed by atoms with Gasteiger partial charge in [0.1, 0.15) is 0 Å². The second-order valence-corrected chi connectivity index (χ2v) is 8.26. The van der Waals surface area contributed by atoms with Gasteiger partial charge < -0.3 is 19.4 Å². The molecule has 3 heterocycles. The number of morpholine rings is 1. The molecule has 1 aliphatic carbocycles. The number of amides is 1. The summed E-state index contributed by atoms with van der Waals surface area (Å²) in [7, 11) is 0. The van der Waals surface area contributed by atoms with Crippen molar-refractivity contribution in [1.82, 2.24) is 15.1 Å². The molecule has 2 aliphatic heterocycles. The first kappa shape index (κ1) is 19.4. The summed E-state index contributed by atoms with van der Waals surface area (Å²) in [4.78, 5) is 19.1. The highest BCUT2D eigenvalue weighted by atomic mass is 16.5. The zero-order valence-corrected chi connectivity index (χ0v) is 16.9. The molecule has 1 aromatic heterocycles. The first-order valence-electron chi connectivity index (χ1n) is 11.0. The molecule has 154 valence electrons. The molecule has 7 nitrogen and oxygen atoms in total. The van der Waals surface area contributed by atoms with Gasteiger partial charge in [-0.3, -0.25) is 4.79 Å². The summed E-state index contributed by atoms with van der Waals surface area (Å²) >= 11 is 0. The van der Waals surface area contributed by atoms with Crippen molar-refractivity contribution in [3.8, 4) is 0 Å². The lowest BCUT2D eigenvalue weighted by atomic mass is 9.86. The molecule has 0 bridgehead atoms. The number of carbonyl (C=O) groups excluding carboxylic acids is 1. The molecule has 1 saturated carbocycles. The van der Waals surface area contributed by atoms with Gasteiger partial charge in [0.15, 0.2) is 11.6 Å². The summed E-state index contributed by atoms with van der Waals surface area (Å²) in [5.74, 6) is 2.94. The second kappa shape index (κ2) is 9.54. The molecule has 7 heteroatoms. The van der Waals surface area contributed by atoms with Crippen molar-refractivity contribution in [3.63, 3.8) is 0 Å². The topological polar surface area (TPSA) is 61.8 Å². The third kappa shape index (κ3) is 4.93. The summed E-state index contributed by atoms with van der Waals surface area (Å²) in [5, 5.41) is 8.85. The Morgan fingerprint density at radius 3 is 2.11 bits per heavy atom. The van der Waals surface area contributed by atoms with E-state index in [9.17, 15) is 4.79 Å². The van der Waals surface area contributed by atoms with E-state index in [2.05, 4.69) is 32.1 Å². The molecule has 3 aliphatic rings. The molecule has 1 aromatic rings. The van der Waals surface area contributed by atoms with Crippen LogP contribution in [-0.4, -0.2) is 73.5 Å². The Balaban J connectivity index is 1.22. The number of anilines is 2. The molecule has 4 rings (SSSR count). The monoisotopic (exact) mass is 387 g/mol. The molecule has 0 spiro atoms. The predicted octanol–water partition coefficient (Wildman–Crippen LogP) is 2.32. The third-order valence-corrected chi connectivity index (χ3v) is 6.42. The van der Waals surface area contributed by atoms with E-state index < -0.39 is 0 Å². The maximum atomic E-state index is 12.6. The standard InChI is InChI=1S/C21H33N5O2/c27-21(9-6-18-4-2-1-3-5-18)26-12-10-24(11-13-26)19-7-8-20(23-22-19)25-14-16-28-17-15-25/h7-8,18H,1-6,9-17H2. The van der Waals surface area contributed by atoms with E-state index in [-0.39, 0.29) is 0 Å². The summed E-state index contributed by atoms with van der Waals surface area (Å²) < 4.78 is 5.39. The maximum absolute atomic E-state index is 12.6. The van der Waals surface area contributed by atoms with Crippen molar-refractivity contribution in [2.24, 2.45) is 5.92 Å². The Bertz CT molecular complexity index is 618. The highest BCUT2D eigenvalue weighted by Crippen LogP contribution is 2.27. The Labute approximate surface area is 168 Å². The fourth-order valence-electron chi connectivity index (χ4n) is 4.59. The van der Waals surface area contributed by atoms with E-state index in [1.54, 1.807) is 0 Å². The van der Waals surface area contributed by atoms with Crippen LogP contribution in [0.1, 0.15) is 44.9 Å². The largest absolute Gasteiger partial charge is 0.378 e. The molecule has 0 unspecified atom stereocenters. The minimum Gasteiger partial charge on any atom is -0.378 e. The fourth-order valence-corrected chi connectivity index (χ4v) is 4.59. The van der Waals surface area contributed by atoms with Gasteiger partial charge >= 0.3 is 0 Å². The number of aromatic nitrogens is 2. The van der Waals surface area contributed by atoms with Crippen molar-refractivity contribution in [2.75, 3.05) is 62.3 Å². The van der Waals surface area contributed by atoms with Gasteiger partial charge in [0.2, 0.25) is 5.91 Å². The molecular formula is C21H33N5O2. The molecule has 0 aromatic carbocycles. The van der Waals surface area contributed by atoms with Crippen molar-refractivity contribution in [3.05, 3.63) is 12.1 Å². The number of hydrogen-bond donors (Lipinski definition) is 0. The van der Waals surface area contributed by atoms with Crippen LogP contribution in [0.2, 0.25) is 0 Å². The zero-order valence-electron chi connectivity index (χ0n) is 16.9. The van der Waals surface area contributed by atoms with Gasteiger partial charge in [-0.2, -0.15) is 0 Å². The highest BCUT2D eigenvalue weighted by molar-refractivity contribution is 5.76. The van der Waals surface area contributed by atoms with E-state index in [4.69, 9.17) is 4.74 Å². The maximum Gasteiger partial charge on any atom is 0.222 e. The first-order valence-corrected chi connectivity index (χ1v) is 11.0. The number of nitrogens with zero attached hydrogens (tertiary/aromatic N) is 5. The number of hydrogen-bond acceptors (Lipinski definition) is 6. The summed E-state index contributed by atoms with van der Waals surface area (Å²) in [6, 6.07) is 4.10. The zero-order chi connectivity index (χ0) is 19.2. The van der Waals surface area contributed by atoms with Crippen molar-refractivity contribution < 1.29 is 9.53 Å². The average molecular weight is 388 g/mol. The fraction of sp³-hybridized carbons (Fsp3) is 0.762. The number of rotatable bonds is 5.